The van der Waals surface area contributed by atoms with E-state index in [0.29, 0.717) is 22.0 Å². The highest BCUT2D eigenvalue weighted by molar-refractivity contribution is 7.14. The molecule has 6 heteroatoms. The van der Waals surface area contributed by atoms with E-state index in [4.69, 9.17) is 10.5 Å². The lowest BCUT2D eigenvalue weighted by atomic mass is 10.1. The number of esters is 1. The molecule has 2 N–H and O–H groups in total. The quantitative estimate of drug-likeness (QED) is 0.522. The molecule has 0 radical (unpaired) electrons. The summed E-state index contributed by atoms with van der Waals surface area (Å²) in [5.41, 5.74) is 7.46. The number of ketones is 1. The smallest absolute Gasteiger partial charge is 0.358 e. The third-order valence-corrected chi connectivity index (χ3v) is 3.95. The molecule has 2 rings (SSSR count). The van der Waals surface area contributed by atoms with Gasteiger partial charge in [0.1, 0.15) is 4.88 Å². The minimum atomic E-state index is -0.553. The number of nitrogen functional groups attached to an aromatic ring is 1. The van der Waals surface area contributed by atoms with Gasteiger partial charge in [0.25, 0.3) is 0 Å². The van der Waals surface area contributed by atoms with Crippen LogP contribution in [0.5, 0.6) is 0 Å². The molecule has 0 spiro atoms. The Morgan fingerprint density at radius 3 is 2.52 bits per heavy atom. The second-order valence-electron chi connectivity index (χ2n) is 4.48. The third-order valence-electron chi connectivity index (χ3n) is 2.80. The average molecular weight is 304 g/mol. The number of carbonyl (C=O) groups is 2. The van der Waals surface area contributed by atoms with Crippen molar-refractivity contribution in [3.8, 4) is 0 Å². The Bertz CT molecular complexity index is 662. The third kappa shape index (κ3) is 3.66. The molecule has 0 amide bonds. The van der Waals surface area contributed by atoms with Crippen LogP contribution in [0, 0.1) is 0 Å². The normalized spacial score (nSPS) is 10.4. The van der Waals surface area contributed by atoms with Crippen LogP contribution in [0.3, 0.4) is 0 Å². The standard InChI is InChI=1S/C15H16N2O3S/c1-3-20-15(19)13-14(9(2)18)21-12(17-13)8-10-4-6-11(16)7-5-10/h4-7H,3,8,16H2,1-2H3. The second kappa shape index (κ2) is 6.49. The summed E-state index contributed by atoms with van der Waals surface area (Å²) in [7, 11) is 0. The molecular weight excluding hydrogens is 288 g/mol. The summed E-state index contributed by atoms with van der Waals surface area (Å²) in [4.78, 5) is 28.1. The van der Waals surface area contributed by atoms with Crippen molar-refractivity contribution in [2.24, 2.45) is 0 Å². The molecule has 0 aliphatic rings. The SMILES string of the molecule is CCOC(=O)c1nc(Cc2ccc(N)cc2)sc1C(C)=O. The number of Topliss-reactive ketones (excluding diaryl/α,β-unsaturated/α-hetero) is 1. The van der Waals surface area contributed by atoms with Gasteiger partial charge in [-0.25, -0.2) is 9.78 Å². The van der Waals surface area contributed by atoms with E-state index in [-0.39, 0.29) is 18.1 Å². The fourth-order valence-electron chi connectivity index (χ4n) is 1.83. The number of carbonyl (C=O) groups excluding carboxylic acids is 2. The van der Waals surface area contributed by atoms with Crippen molar-refractivity contribution in [2.45, 2.75) is 20.3 Å². The number of benzene rings is 1. The summed E-state index contributed by atoms with van der Waals surface area (Å²) in [5.74, 6) is -0.735. The number of rotatable bonds is 5. The first-order valence-electron chi connectivity index (χ1n) is 6.53. The average Bonchev–Trinajstić information content (AvgIpc) is 2.86. The number of hydrogen-bond donors (Lipinski definition) is 1. The Hall–Kier alpha value is -2.21. The predicted molar refractivity (Wildman–Crippen MR) is 81.7 cm³/mol. The second-order valence-corrected chi connectivity index (χ2v) is 5.56. The van der Waals surface area contributed by atoms with Gasteiger partial charge in [0.05, 0.1) is 11.6 Å². The molecule has 1 aromatic heterocycles. The van der Waals surface area contributed by atoms with E-state index in [0.717, 1.165) is 5.56 Å². The summed E-state index contributed by atoms with van der Waals surface area (Å²) in [5, 5.41) is 0.702. The molecule has 110 valence electrons. The molecule has 5 nitrogen and oxygen atoms in total. The van der Waals surface area contributed by atoms with Crippen LogP contribution in [0.25, 0.3) is 0 Å². The lowest BCUT2D eigenvalue weighted by molar-refractivity contribution is 0.0517. The number of aromatic nitrogens is 1. The molecule has 0 aliphatic carbocycles. The fraction of sp³-hybridized carbons (Fsp3) is 0.267. The molecule has 0 aliphatic heterocycles. The van der Waals surface area contributed by atoms with Crippen LogP contribution in [0.15, 0.2) is 24.3 Å². The van der Waals surface area contributed by atoms with E-state index in [9.17, 15) is 9.59 Å². The monoisotopic (exact) mass is 304 g/mol. The largest absolute Gasteiger partial charge is 0.461 e. The lowest BCUT2D eigenvalue weighted by Crippen LogP contribution is -2.09. The van der Waals surface area contributed by atoms with Gasteiger partial charge in [-0.2, -0.15) is 0 Å². The van der Waals surface area contributed by atoms with Crippen molar-refractivity contribution < 1.29 is 14.3 Å². The molecule has 21 heavy (non-hydrogen) atoms. The van der Waals surface area contributed by atoms with Crippen LogP contribution >= 0.6 is 11.3 Å². The van der Waals surface area contributed by atoms with Crippen molar-refractivity contribution in [3.05, 3.63) is 45.4 Å². The topological polar surface area (TPSA) is 82.3 Å². The molecule has 0 saturated carbocycles. The fourth-order valence-corrected chi connectivity index (χ4v) is 2.81. The highest BCUT2D eigenvalue weighted by atomic mass is 32.1. The Labute approximate surface area is 126 Å². The van der Waals surface area contributed by atoms with Gasteiger partial charge in [0, 0.05) is 19.0 Å². The zero-order chi connectivity index (χ0) is 15.4. The maximum absolute atomic E-state index is 11.8. The van der Waals surface area contributed by atoms with Gasteiger partial charge in [-0.1, -0.05) is 12.1 Å². The summed E-state index contributed by atoms with van der Waals surface area (Å²) in [6.45, 7) is 3.39. The molecule has 1 aromatic carbocycles. The molecule has 0 fully saturated rings. The van der Waals surface area contributed by atoms with E-state index in [1.54, 1.807) is 19.1 Å². The van der Waals surface area contributed by atoms with Crippen LogP contribution in [0.1, 0.15) is 44.6 Å². The molecule has 1 heterocycles. The molecule has 0 unspecified atom stereocenters. The van der Waals surface area contributed by atoms with Gasteiger partial charge in [0.2, 0.25) is 0 Å². The van der Waals surface area contributed by atoms with Crippen molar-refractivity contribution in [1.29, 1.82) is 0 Å². The highest BCUT2D eigenvalue weighted by Gasteiger charge is 2.22. The molecule has 2 aromatic rings. The van der Waals surface area contributed by atoms with Crippen LogP contribution in [0.4, 0.5) is 5.69 Å². The van der Waals surface area contributed by atoms with E-state index in [2.05, 4.69) is 4.98 Å². The van der Waals surface area contributed by atoms with Crippen molar-refractivity contribution in [3.63, 3.8) is 0 Å². The first kappa shape index (κ1) is 15.2. The van der Waals surface area contributed by atoms with Crippen molar-refractivity contribution in [2.75, 3.05) is 12.3 Å². The summed E-state index contributed by atoms with van der Waals surface area (Å²) in [6, 6.07) is 7.41. The first-order chi connectivity index (χ1) is 10.0. The number of thiazole rings is 1. The first-order valence-corrected chi connectivity index (χ1v) is 7.35. The van der Waals surface area contributed by atoms with Crippen LogP contribution in [-0.4, -0.2) is 23.3 Å². The summed E-state index contributed by atoms with van der Waals surface area (Å²) >= 11 is 1.23. The Balaban J connectivity index is 2.28. The van der Waals surface area contributed by atoms with Gasteiger partial charge >= 0.3 is 5.97 Å². The maximum Gasteiger partial charge on any atom is 0.358 e. The van der Waals surface area contributed by atoms with Gasteiger partial charge in [-0.3, -0.25) is 4.79 Å². The number of nitrogens with two attached hydrogens (primary N) is 1. The van der Waals surface area contributed by atoms with E-state index in [1.807, 2.05) is 12.1 Å². The Morgan fingerprint density at radius 1 is 1.29 bits per heavy atom. The van der Waals surface area contributed by atoms with Crippen LogP contribution in [0.2, 0.25) is 0 Å². The number of anilines is 1. The summed E-state index contributed by atoms with van der Waals surface area (Å²) < 4.78 is 4.93. The molecule has 0 bridgehead atoms. The van der Waals surface area contributed by atoms with Gasteiger partial charge in [-0.15, -0.1) is 11.3 Å². The van der Waals surface area contributed by atoms with Crippen LogP contribution < -0.4 is 5.73 Å². The number of hydrogen-bond acceptors (Lipinski definition) is 6. The minimum absolute atomic E-state index is 0.111. The molecular formula is C15H16N2O3S. The zero-order valence-corrected chi connectivity index (χ0v) is 12.7. The number of nitrogens with zero attached hydrogens (tertiary/aromatic N) is 1. The van der Waals surface area contributed by atoms with Crippen molar-refractivity contribution >= 4 is 28.8 Å². The Morgan fingerprint density at radius 2 is 1.95 bits per heavy atom. The van der Waals surface area contributed by atoms with Gasteiger partial charge < -0.3 is 10.5 Å². The minimum Gasteiger partial charge on any atom is -0.461 e. The molecule has 0 atom stereocenters. The Kier molecular flexibility index (Phi) is 4.70. The van der Waals surface area contributed by atoms with E-state index < -0.39 is 5.97 Å². The highest BCUT2D eigenvalue weighted by Crippen LogP contribution is 2.23. The lowest BCUT2D eigenvalue weighted by Gasteiger charge is -1.99. The van der Waals surface area contributed by atoms with Gasteiger partial charge in [-0.05, 0) is 24.6 Å². The van der Waals surface area contributed by atoms with E-state index in [1.165, 1.54) is 18.3 Å². The predicted octanol–water partition coefficient (Wildman–Crippen LogP) is 2.70. The van der Waals surface area contributed by atoms with E-state index >= 15 is 0 Å². The molecule has 0 saturated heterocycles. The van der Waals surface area contributed by atoms with Gasteiger partial charge in [0.15, 0.2) is 11.5 Å². The zero-order valence-electron chi connectivity index (χ0n) is 11.9. The number of ether oxygens (including phenoxy) is 1. The summed E-state index contributed by atoms with van der Waals surface area (Å²) in [6.07, 6.45) is 0.546. The van der Waals surface area contributed by atoms with Crippen LogP contribution in [-0.2, 0) is 11.2 Å². The maximum atomic E-state index is 11.8. The van der Waals surface area contributed by atoms with Crippen molar-refractivity contribution in [1.82, 2.24) is 4.98 Å².